The van der Waals surface area contributed by atoms with Crippen molar-refractivity contribution in [2.24, 2.45) is 0 Å². The Labute approximate surface area is 195 Å². The highest BCUT2D eigenvalue weighted by atomic mass is 35.5. The van der Waals surface area contributed by atoms with E-state index in [9.17, 15) is 14.0 Å². The lowest BCUT2D eigenvalue weighted by Gasteiger charge is -2.16. The fourth-order valence-corrected chi connectivity index (χ4v) is 3.76. The molecule has 0 atom stereocenters. The SMILES string of the molecule is COc1ccc(C2=C(Nc3cc(C)ccc3OC)C(=O)N(c3ccc(F)c(Cl)c3)C2=O)cc1. The number of nitrogens with zero attached hydrogens (tertiary/aromatic N) is 1. The third kappa shape index (κ3) is 4.15. The molecule has 1 N–H and O–H groups in total. The molecule has 168 valence electrons. The predicted octanol–water partition coefficient (Wildman–Crippen LogP) is 5.20. The molecule has 0 unspecified atom stereocenters. The lowest BCUT2D eigenvalue weighted by molar-refractivity contribution is -0.120. The number of nitrogens with one attached hydrogen (secondary N) is 1. The van der Waals surface area contributed by atoms with Crippen LogP contribution < -0.4 is 19.7 Å². The highest BCUT2D eigenvalue weighted by Gasteiger charge is 2.40. The van der Waals surface area contributed by atoms with Gasteiger partial charge >= 0.3 is 0 Å². The van der Waals surface area contributed by atoms with Gasteiger partial charge in [-0.2, -0.15) is 0 Å². The molecule has 1 aliphatic rings. The van der Waals surface area contributed by atoms with Crippen LogP contribution >= 0.6 is 11.6 Å². The number of imide groups is 1. The largest absolute Gasteiger partial charge is 0.497 e. The van der Waals surface area contributed by atoms with Crippen molar-refractivity contribution in [3.8, 4) is 11.5 Å². The number of hydrogen-bond acceptors (Lipinski definition) is 5. The third-order valence-electron chi connectivity index (χ3n) is 5.24. The summed E-state index contributed by atoms with van der Waals surface area (Å²) in [4.78, 5) is 28.0. The molecule has 2 amide bonds. The van der Waals surface area contributed by atoms with Gasteiger partial charge in [-0.1, -0.05) is 29.8 Å². The molecule has 0 bridgehead atoms. The number of aryl methyl sites for hydroxylation is 1. The Morgan fingerprint density at radius 2 is 1.64 bits per heavy atom. The van der Waals surface area contributed by atoms with E-state index in [1.165, 1.54) is 26.4 Å². The third-order valence-corrected chi connectivity index (χ3v) is 5.53. The first-order valence-electron chi connectivity index (χ1n) is 9.98. The van der Waals surface area contributed by atoms with Gasteiger partial charge in [-0.25, -0.2) is 9.29 Å². The molecule has 3 aromatic rings. The second-order valence-electron chi connectivity index (χ2n) is 7.35. The maximum atomic E-state index is 13.7. The zero-order valence-electron chi connectivity index (χ0n) is 18.1. The highest BCUT2D eigenvalue weighted by molar-refractivity contribution is 6.46. The number of methoxy groups -OCH3 is 2. The van der Waals surface area contributed by atoms with E-state index in [1.807, 2.05) is 19.1 Å². The van der Waals surface area contributed by atoms with Gasteiger partial charge in [-0.15, -0.1) is 0 Å². The second kappa shape index (κ2) is 8.96. The van der Waals surface area contributed by atoms with Gasteiger partial charge in [0.25, 0.3) is 11.8 Å². The van der Waals surface area contributed by atoms with E-state index in [0.29, 0.717) is 22.7 Å². The van der Waals surface area contributed by atoms with Crippen LogP contribution in [0.2, 0.25) is 5.02 Å². The average molecular weight is 467 g/mol. The molecular weight excluding hydrogens is 447 g/mol. The summed E-state index contributed by atoms with van der Waals surface area (Å²) in [5.41, 5.74) is 2.36. The Bertz CT molecular complexity index is 1290. The number of anilines is 2. The van der Waals surface area contributed by atoms with Crippen molar-refractivity contribution in [1.29, 1.82) is 0 Å². The topological polar surface area (TPSA) is 67.9 Å². The number of carbonyl (C=O) groups excluding carboxylic acids is 2. The molecule has 0 fully saturated rings. The maximum absolute atomic E-state index is 13.7. The standard InChI is InChI=1S/C25H20ClFN2O4/c1-14-4-11-21(33-3)20(12-14)28-23-22(15-5-8-17(32-2)9-6-15)24(30)29(25(23)31)16-7-10-19(27)18(26)13-16/h4-13,28H,1-3H3. The Morgan fingerprint density at radius 3 is 2.27 bits per heavy atom. The first-order chi connectivity index (χ1) is 15.8. The van der Waals surface area contributed by atoms with E-state index in [1.54, 1.807) is 30.3 Å². The number of amides is 2. The van der Waals surface area contributed by atoms with Gasteiger partial charge < -0.3 is 14.8 Å². The molecule has 0 saturated carbocycles. The van der Waals surface area contributed by atoms with Crippen molar-refractivity contribution in [2.45, 2.75) is 6.92 Å². The number of ether oxygens (including phenoxy) is 2. The van der Waals surface area contributed by atoms with E-state index in [4.69, 9.17) is 21.1 Å². The van der Waals surface area contributed by atoms with Gasteiger partial charge in [0.05, 0.1) is 36.2 Å². The van der Waals surface area contributed by atoms with Gasteiger partial charge in [0.2, 0.25) is 0 Å². The van der Waals surface area contributed by atoms with E-state index < -0.39 is 17.6 Å². The second-order valence-corrected chi connectivity index (χ2v) is 7.76. The minimum atomic E-state index is -0.648. The molecular formula is C25H20ClFN2O4. The zero-order chi connectivity index (χ0) is 23.7. The molecule has 0 spiro atoms. The smallest absolute Gasteiger partial charge is 0.282 e. The molecule has 0 saturated heterocycles. The fourth-order valence-electron chi connectivity index (χ4n) is 3.58. The Hall–Kier alpha value is -3.84. The monoisotopic (exact) mass is 466 g/mol. The van der Waals surface area contributed by atoms with Gasteiger partial charge in [-0.3, -0.25) is 9.59 Å². The molecule has 0 aromatic heterocycles. The molecule has 6 nitrogen and oxygen atoms in total. The minimum Gasteiger partial charge on any atom is -0.497 e. The van der Waals surface area contributed by atoms with Crippen molar-refractivity contribution in [2.75, 3.05) is 24.4 Å². The van der Waals surface area contributed by atoms with Crippen LogP contribution in [0.25, 0.3) is 5.57 Å². The number of carbonyl (C=O) groups is 2. The van der Waals surface area contributed by atoms with Crippen molar-refractivity contribution in [1.82, 2.24) is 0 Å². The van der Waals surface area contributed by atoms with Crippen LogP contribution in [-0.4, -0.2) is 26.0 Å². The van der Waals surface area contributed by atoms with Crippen molar-refractivity contribution >= 4 is 40.4 Å². The van der Waals surface area contributed by atoms with Crippen LogP contribution in [0.3, 0.4) is 0 Å². The quantitative estimate of drug-likeness (QED) is 0.506. The normalized spacial score (nSPS) is 13.5. The first kappa shape index (κ1) is 22.4. The molecule has 1 heterocycles. The summed E-state index contributed by atoms with van der Waals surface area (Å²) in [5, 5.41) is 2.89. The van der Waals surface area contributed by atoms with Crippen LogP contribution in [0, 0.1) is 12.7 Å². The summed E-state index contributed by atoms with van der Waals surface area (Å²) in [5.74, 6) is -0.705. The van der Waals surface area contributed by atoms with Gasteiger partial charge in [0, 0.05) is 0 Å². The van der Waals surface area contributed by atoms with Crippen molar-refractivity contribution in [3.63, 3.8) is 0 Å². The Kier molecular flexibility index (Phi) is 6.07. The van der Waals surface area contributed by atoms with Crippen LogP contribution in [0.1, 0.15) is 11.1 Å². The van der Waals surface area contributed by atoms with Gasteiger partial charge in [-0.05, 0) is 60.5 Å². The zero-order valence-corrected chi connectivity index (χ0v) is 18.9. The number of benzene rings is 3. The van der Waals surface area contributed by atoms with Crippen LogP contribution in [0.5, 0.6) is 11.5 Å². The van der Waals surface area contributed by atoms with Gasteiger partial charge in [0.15, 0.2) is 0 Å². The van der Waals surface area contributed by atoms with Crippen molar-refractivity contribution in [3.05, 3.63) is 88.3 Å². The van der Waals surface area contributed by atoms with E-state index in [0.717, 1.165) is 16.5 Å². The molecule has 4 rings (SSSR count). The van der Waals surface area contributed by atoms with Crippen LogP contribution in [-0.2, 0) is 9.59 Å². The maximum Gasteiger partial charge on any atom is 0.282 e. The minimum absolute atomic E-state index is 0.0644. The van der Waals surface area contributed by atoms with Crippen LogP contribution in [0.4, 0.5) is 15.8 Å². The summed E-state index contributed by atoms with van der Waals surface area (Å²) in [6.45, 7) is 1.90. The molecule has 0 radical (unpaired) electrons. The lowest BCUT2D eigenvalue weighted by Crippen LogP contribution is -2.32. The Morgan fingerprint density at radius 1 is 0.909 bits per heavy atom. The number of rotatable bonds is 6. The Balaban J connectivity index is 1.85. The summed E-state index contributed by atoms with van der Waals surface area (Å²) < 4.78 is 24.3. The molecule has 0 aliphatic carbocycles. The fraction of sp³-hybridized carbons (Fsp3) is 0.120. The summed E-state index contributed by atoms with van der Waals surface area (Å²) in [7, 11) is 3.05. The number of halogens is 2. The molecule has 8 heteroatoms. The average Bonchev–Trinajstić information content (AvgIpc) is 3.05. The van der Waals surface area contributed by atoms with Gasteiger partial charge in [0.1, 0.15) is 23.0 Å². The summed E-state index contributed by atoms with van der Waals surface area (Å²) in [6.07, 6.45) is 0. The number of hydrogen-bond donors (Lipinski definition) is 1. The molecule has 3 aromatic carbocycles. The van der Waals surface area contributed by atoms with E-state index in [2.05, 4.69) is 5.32 Å². The molecule has 33 heavy (non-hydrogen) atoms. The van der Waals surface area contributed by atoms with E-state index in [-0.39, 0.29) is 22.0 Å². The van der Waals surface area contributed by atoms with Crippen molar-refractivity contribution < 1.29 is 23.5 Å². The lowest BCUT2D eigenvalue weighted by atomic mass is 10.0. The van der Waals surface area contributed by atoms with E-state index >= 15 is 0 Å². The highest BCUT2D eigenvalue weighted by Crippen LogP contribution is 2.37. The van der Waals surface area contributed by atoms with Crippen LogP contribution in [0.15, 0.2) is 66.4 Å². The predicted molar refractivity (Wildman–Crippen MR) is 125 cm³/mol. The first-order valence-corrected chi connectivity index (χ1v) is 10.4. The molecule has 1 aliphatic heterocycles. The summed E-state index contributed by atoms with van der Waals surface area (Å²) >= 11 is 5.91. The summed E-state index contributed by atoms with van der Waals surface area (Å²) in [6, 6.07) is 15.9.